The molecule has 0 spiro atoms. The number of nitrogens with one attached hydrogen (secondary N) is 1. The van der Waals surface area contributed by atoms with Gasteiger partial charge in [-0.05, 0) is 94.6 Å². The molecule has 0 aliphatic carbocycles. The Morgan fingerprint density at radius 3 is 1.18 bits per heavy atom. The van der Waals surface area contributed by atoms with E-state index in [0.29, 0.717) is 18.8 Å². The van der Waals surface area contributed by atoms with Crippen molar-refractivity contribution in [3.63, 3.8) is 0 Å². The van der Waals surface area contributed by atoms with Crippen molar-refractivity contribution in [2.45, 2.75) is 94.6 Å². The zero-order valence-electron chi connectivity index (χ0n) is 41.7. The Bertz CT molecular complexity index is 2430. The Morgan fingerprint density at radius 2 is 0.921 bits per heavy atom. The molecule has 2 unspecified atom stereocenters. The van der Waals surface area contributed by atoms with Crippen LogP contribution in [0, 0.1) is 0 Å². The third-order valence-electron chi connectivity index (χ3n) is 11.4. The number of nitrogens with two attached hydrogens (primary N) is 2. The van der Waals surface area contributed by atoms with E-state index in [-0.39, 0.29) is 58.4 Å². The maximum Gasteiger partial charge on any atom is 0.499 e. The summed E-state index contributed by atoms with van der Waals surface area (Å²) in [5.41, 5.74) is 13.9. The van der Waals surface area contributed by atoms with Crippen LogP contribution in [0.15, 0.2) is 49.8 Å². The average Bonchev–Trinajstić information content (AvgIpc) is 3.94. The summed E-state index contributed by atoms with van der Waals surface area (Å²) in [6.07, 6.45) is -12.8. The molecular weight excluding hydrogens is 1220 g/mol. The van der Waals surface area contributed by atoms with Crippen LogP contribution in [0.1, 0.15) is 76.5 Å². The fourth-order valence-electron chi connectivity index (χ4n) is 7.78. The number of carbonyl (C=O) groups excluding carboxylic acids is 3. The quantitative estimate of drug-likeness (QED) is 0.111. The number of halogens is 9. The van der Waals surface area contributed by atoms with Crippen LogP contribution in [0.2, 0.25) is 0 Å². The van der Waals surface area contributed by atoms with Crippen LogP contribution in [-0.2, 0) is 42.3 Å². The minimum atomic E-state index is -4.64. The van der Waals surface area contributed by atoms with E-state index in [1.165, 1.54) is 0 Å². The monoisotopic (exact) mass is 1280 g/mol. The molecule has 0 saturated heterocycles. The fourth-order valence-corrected chi connectivity index (χ4v) is 9.58. The SMILES string of the molecule is CC(C)(C)OC(=O)NCC1OB2OC(C)(CO)COc3ccc(Br)c1c32.C[C@@]1(CO)COc2ccc(Br)c3c2B(O[C@@H]3CN)O1.C[C@]1(CO)COc2ccc(Br)c3c2B(O[C@@H]3CN)O1.O=CC(F)(F)F.O=CC(F)(F)F. The summed E-state index contributed by atoms with van der Waals surface area (Å²) in [6, 6.07) is 11.3. The highest BCUT2D eigenvalue weighted by atomic mass is 79.9. The van der Waals surface area contributed by atoms with Crippen molar-refractivity contribution >= 4 is 104 Å². The summed E-state index contributed by atoms with van der Waals surface area (Å²) in [5, 5.41) is 31.3. The van der Waals surface area contributed by atoms with Crippen molar-refractivity contribution in [3.05, 3.63) is 66.5 Å². The standard InChI is InChI=1S/C17H23BBrNO6.2C12H15BBrNO4.2C2HF3O/c1-16(2,3)24-15(22)20-7-12-13-10(19)5-6-11-14(13)18(25-12)26-17(4,8-21)9-23-11;2*1-12(5-16)6-17-8-3-2-7(14)10-9(4-15)18-13(19-12)11(8)10;2*3-2(4,5)1-6/h5-6,12,21H,7-9H2,1-4H3,(H,20,22);2*2-3,9,16H,4-6,15H2,1H3;2*1H/t;9-,12+;9-,12-;;/m.11../s1. The van der Waals surface area contributed by atoms with Crippen molar-refractivity contribution in [3.8, 4) is 17.2 Å². The normalized spacial score (nSPS) is 24.6. The molecule has 8 N–H and O–H groups in total. The molecule has 76 heavy (non-hydrogen) atoms. The predicted octanol–water partition coefficient (Wildman–Crippen LogP) is 4.06. The highest BCUT2D eigenvalue weighted by Crippen LogP contribution is 2.40. The maximum absolute atomic E-state index is 12.0. The second kappa shape index (κ2) is 25.7. The first-order chi connectivity index (χ1) is 35.4. The van der Waals surface area contributed by atoms with Gasteiger partial charge in [0.2, 0.25) is 12.6 Å². The molecular formula is C45H55B3Br3F6N3O16. The highest BCUT2D eigenvalue weighted by Gasteiger charge is 2.50. The number of hydrogen-bond acceptors (Lipinski definition) is 18. The van der Waals surface area contributed by atoms with Crippen molar-refractivity contribution in [1.29, 1.82) is 0 Å². The Balaban J connectivity index is 0.000000192. The van der Waals surface area contributed by atoms with E-state index in [1.807, 2.05) is 36.4 Å². The molecule has 0 radical (unpaired) electrons. The van der Waals surface area contributed by atoms with Crippen LogP contribution in [0.3, 0.4) is 0 Å². The fraction of sp³-hybridized carbons (Fsp3) is 0.533. The summed E-state index contributed by atoms with van der Waals surface area (Å²) < 4.78 is 123. The molecule has 6 heterocycles. The van der Waals surface area contributed by atoms with Crippen LogP contribution in [0.4, 0.5) is 31.1 Å². The molecule has 19 nitrogen and oxygen atoms in total. The molecule has 6 aliphatic heterocycles. The first-order valence-corrected chi connectivity index (χ1v) is 25.4. The Morgan fingerprint density at radius 1 is 0.632 bits per heavy atom. The number of hydrogen-bond donors (Lipinski definition) is 6. The lowest BCUT2D eigenvalue weighted by atomic mass is 9.77. The zero-order chi connectivity index (χ0) is 56.8. The molecule has 0 aromatic heterocycles. The first-order valence-electron chi connectivity index (χ1n) is 23.0. The van der Waals surface area contributed by atoms with Gasteiger partial charge in [-0.1, -0.05) is 47.8 Å². The van der Waals surface area contributed by atoms with Gasteiger partial charge in [0, 0.05) is 49.4 Å². The minimum Gasteiger partial charge on any atom is -0.491 e. The number of rotatable bonds is 7. The van der Waals surface area contributed by atoms with Gasteiger partial charge in [0.1, 0.15) is 59.5 Å². The van der Waals surface area contributed by atoms with Crippen LogP contribution in [0.5, 0.6) is 17.2 Å². The van der Waals surface area contributed by atoms with E-state index in [4.69, 9.17) is 67.9 Å². The number of carbonyl (C=O) groups is 3. The molecule has 3 aromatic rings. The number of amides is 1. The Labute approximate surface area is 459 Å². The lowest BCUT2D eigenvalue weighted by molar-refractivity contribution is -0.156. The number of ether oxygens (including phenoxy) is 4. The van der Waals surface area contributed by atoms with Gasteiger partial charge in [0.15, 0.2) is 0 Å². The van der Waals surface area contributed by atoms with E-state index in [1.54, 1.807) is 41.5 Å². The summed E-state index contributed by atoms with van der Waals surface area (Å²) >= 11 is 10.6. The molecule has 3 aromatic carbocycles. The van der Waals surface area contributed by atoms with E-state index >= 15 is 0 Å². The van der Waals surface area contributed by atoms with Crippen LogP contribution < -0.4 is 47.4 Å². The molecule has 418 valence electrons. The minimum absolute atomic E-state index is 0.134. The highest BCUT2D eigenvalue weighted by molar-refractivity contribution is 9.11. The van der Waals surface area contributed by atoms with Crippen molar-refractivity contribution in [2.24, 2.45) is 11.5 Å². The van der Waals surface area contributed by atoms with Gasteiger partial charge in [-0.25, -0.2) is 4.79 Å². The maximum atomic E-state index is 12.0. The van der Waals surface area contributed by atoms with Crippen LogP contribution in [0.25, 0.3) is 0 Å². The first kappa shape index (κ1) is 63.3. The van der Waals surface area contributed by atoms with Gasteiger partial charge in [-0.2, -0.15) is 26.3 Å². The largest absolute Gasteiger partial charge is 0.499 e. The van der Waals surface area contributed by atoms with E-state index < -0.39 is 80.9 Å². The Kier molecular flexibility index (Phi) is 21.4. The summed E-state index contributed by atoms with van der Waals surface area (Å²) in [6.45, 7) is 12.1. The third-order valence-corrected chi connectivity index (χ3v) is 13.5. The van der Waals surface area contributed by atoms with Gasteiger partial charge in [0.25, 0.3) is 0 Å². The lowest BCUT2D eigenvalue weighted by Gasteiger charge is -2.27. The second-order valence-corrected chi connectivity index (χ2v) is 21.8. The number of aliphatic hydroxyl groups excluding tert-OH is 3. The molecule has 31 heteroatoms. The van der Waals surface area contributed by atoms with Gasteiger partial charge < -0.3 is 79.0 Å². The van der Waals surface area contributed by atoms with E-state index in [2.05, 4.69) is 53.1 Å². The molecule has 0 bridgehead atoms. The summed E-state index contributed by atoms with van der Waals surface area (Å²) in [7, 11) is -1.77. The smallest absolute Gasteiger partial charge is 0.491 e. The number of aldehydes is 2. The van der Waals surface area contributed by atoms with Crippen LogP contribution in [-0.4, -0.2) is 149 Å². The topological polar surface area (TPSA) is 268 Å². The number of benzene rings is 3. The zero-order valence-corrected chi connectivity index (χ0v) is 46.4. The van der Waals surface area contributed by atoms with Crippen LogP contribution >= 0.6 is 47.8 Å². The van der Waals surface area contributed by atoms with Crippen molar-refractivity contribution < 1.29 is 103 Å². The second-order valence-electron chi connectivity index (χ2n) is 19.2. The van der Waals surface area contributed by atoms with Gasteiger partial charge in [-0.15, -0.1) is 0 Å². The van der Waals surface area contributed by atoms with Gasteiger partial charge in [-0.3, -0.25) is 9.59 Å². The molecule has 1 amide bonds. The van der Waals surface area contributed by atoms with Gasteiger partial charge in [0.05, 0.1) is 38.1 Å². The summed E-state index contributed by atoms with van der Waals surface area (Å²) in [5.74, 6) is 2.12. The predicted molar refractivity (Wildman–Crippen MR) is 273 cm³/mol. The number of alkyl carbamates (subject to hydrolysis) is 1. The van der Waals surface area contributed by atoms with Crippen molar-refractivity contribution in [2.75, 3.05) is 59.3 Å². The van der Waals surface area contributed by atoms with E-state index in [9.17, 15) is 46.5 Å². The summed E-state index contributed by atoms with van der Waals surface area (Å²) in [4.78, 5) is 29.4. The van der Waals surface area contributed by atoms with Gasteiger partial charge >= 0.3 is 39.8 Å². The molecule has 0 fully saturated rings. The molecule has 6 aliphatic rings. The Hall–Kier alpha value is -3.56. The number of aliphatic hydroxyl groups is 3. The number of alkyl halides is 6. The average molecular weight is 1280 g/mol. The third kappa shape index (κ3) is 16.1. The molecule has 6 atom stereocenters. The van der Waals surface area contributed by atoms with Crippen molar-refractivity contribution in [1.82, 2.24) is 5.32 Å². The van der Waals surface area contributed by atoms with E-state index in [0.717, 1.165) is 58.0 Å². The molecule has 9 rings (SSSR count). The molecule has 0 saturated carbocycles. The lowest BCUT2D eigenvalue weighted by Crippen LogP contribution is -2.45.